The average Bonchev–Trinajstić information content (AvgIpc) is 2.88. The molecule has 5 rings (SSSR count). The highest BCUT2D eigenvalue weighted by atomic mass is 16.5. The van der Waals surface area contributed by atoms with E-state index in [0.717, 1.165) is 0 Å². The average molecular weight is 490 g/mol. The molecule has 0 unspecified atom stereocenters. The number of hydrogen-bond donors (Lipinski definition) is 2. The maximum absolute atomic E-state index is 13.6. The van der Waals surface area contributed by atoms with Crippen LogP contribution < -0.4 is 24.4 Å². The van der Waals surface area contributed by atoms with Gasteiger partial charge in [-0.1, -0.05) is 18.2 Å². The molecule has 36 heavy (non-hydrogen) atoms. The predicted molar refractivity (Wildman–Crippen MR) is 129 cm³/mol. The molecule has 9 nitrogen and oxygen atoms in total. The Labute approximate surface area is 205 Å². The topological polar surface area (TPSA) is 125 Å². The third-order valence-electron chi connectivity index (χ3n) is 6.27. The molecular weight excluding hydrogens is 468 g/mol. The molecule has 0 fully saturated rings. The molecular formula is C27H22O9. The fourth-order valence-electron chi connectivity index (χ4n) is 4.58. The van der Waals surface area contributed by atoms with Gasteiger partial charge in [0.25, 0.3) is 0 Å². The third-order valence-corrected chi connectivity index (χ3v) is 6.27. The van der Waals surface area contributed by atoms with Crippen molar-refractivity contribution in [3.63, 3.8) is 0 Å². The molecule has 4 aromatic rings. The van der Waals surface area contributed by atoms with Gasteiger partial charge in [-0.2, -0.15) is 0 Å². The zero-order chi connectivity index (χ0) is 25.6. The monoisotopic (exact) mass is 490 g/mol. The Morgan fingerprint density at radius 2 is 1.56 bits per heavy atom. The molecule has 0 amide bonds. The second-order valence-corrected chi connectivity index (χ2v) is 8.20. The van der Waals surface area contributed by atoms with Crippen LogP contribution in [-0.2, 0) is 4.79 Å². The summed E-state index contributed by atoms with van der Waals surface area (Å²) in [6, 6.07) is 11.3. The second-order valence-electron chi connectivity index (χ2n) is 8.20. The minimum absolute atomic E-state index is 0.0576. The van der Waals surface area contributed by atoms with E-state index in [4.69, 9.17) is 23.4 Å². The summed E-state index contributed by atoms with van der Waals surface area (Å²) >= 11 is 0. The van der Waals surface area contributed by atoms with Crippen LogP contribution in [0.15, 0.2) is 57.9 Å². The zero-order valence-corrected chi connectivity index (χ0v) is 19.7. The van der Waals surface area contributed by atoms with Gasteiger partial charge in [-0.25, -0.2) is 0 Å². The number of rotatable bonds is 5. The zero-order valence-electron chi connectivity index (χ0n) is 19.7. The van der Waals surface area contributed by atoms with E-state index < -0.39 is 17.3 Å². The van der Waals surface area contributed by atoms with Gasteiger partial charge in [0, 0.05) is 23.1 Å². The fraction of sp³-hybridized carbons (Fsp3) is 0.185. The van der Waals surface area contributed by atoms with E-state index >= 15 is 0 Å². The van der Waals surface area contributed by atoms with Crippen molar-refractivity contribution in [3.05, 3.63) is 70.1 Å². The number of esters is 1. The Morgan fingerprint density at radius 3 is 2.22 bits per heavy atom. The highest BCUT2D eigenvalue weighted by molar-refractivity contribution is 5.94. The number of ether oxygens (including phenoxy) is 4. The van der Waals surface area contributed by atoms with Crippen LogP contribution >= 0.6 is 0 Å². The molecule has 2 heterocycles. The summed E-state index contributed by atoms with van der Waals surface area (Å²) in [5.74, 6) is -0.925. The third kappa shape index (κ3) is 3.56. The Hall–Kier alpha value is -4.66. The van der Waals surface area contributed by atoms with Crippen LogP contribution in [0.1, 0.15) is 23.5 Å². The van der Waals surface area contributed by atoms with Crippen molar-refractivity contribution >= 4 is 16.9 Å². The van der Waals surface area contributed by atoms with E-state index in [9.17, 15) is 19.8 Å². The lowest BCUT2D eigenvalue weighted by Crippen LogP contribution is -2.22. The van der Waals surface area contributed by atoms with Crippen molar-refractivity contribution in [2.45, 2.75) is 12.3 Å². The maximum Gasteiger partial charge on any atom is 0.312 e. The summed E-state index contributed by atoms with van der Waals surface area (Å²) in [7, 11) is 4.29. The minimum atomic E-state index is -0.645. The van der Waals surface area contributed by atoms with Crippen molar-refractivity contribution in [2.24, 2.45) is 0 Å². The SMILES string of the molecule is COc1ccccc1-c1coc2c3c(cc(O)c2c1=O)OC(=O)C[C@@H]3c1cc(OC)c(O)c(OC)c1. The normalized spacial score (nSPS) is 14.8. The van der Waals surface area contributed by atoms with Crippen LogP contribution in [0.5, 0.6) is 34.5 Å². The standard InChI is InChI=1S/C27H22O9/c1-32-18-7-5-4-6-14(18)16-12-35-27-23-15(13-8-20(33-2)26(31)21(9-13)34-3)10-22(29)36-19(23)11-17(28)24(27)25(16)30/h4-9,11-12,15,28,31H,10H2,1-3H3/t15-/m1/s1. The molecule has 1 aliphatic rings. The lowest BCUT2D eigenvalue weighted by molar-refractivity contribution is -0.135. The highest BCUT2D eigenvalue weighted by Gasteiger charge is 2.34. The Balaban J connectivity index is 1.79. The van der Waals surface area contributed by atoms with Crippen LogP contribution in [0.2, 0.25) is 0 Å². The predicted octanol–water partition coefficient (Wildman–Crippen LogP) is 4.34. The molecule has 0 bridgehead atoms. The summed E-state index contributed by atoms with van der Waals surface area (Å²) in [6.07, 6.45) is 1.22. The minimum Gasteiger partial charge on any atom is -0.507 e. The van der Waals surface area contributed by atoms with Crippen molar-refractivity contribution in [3.8, 4) is 45.6 Å². The van der Waals surface area contributed by atoms with Crippen molar-refractivity contribution < 1.29 is 38.4 Å². The number of methoxy groups -OCH3 is 3. The van der Waals surface area contributed by atoms with Gasteiger partial charge in [0.15, 0.2) is 11.5 Å². The molecule has 1 aromatic heterocycles. The number of hydrogen-bond acceptors (Lipinski definition) is 9. The lowest BCUT2D eigenvalue weighted by Gasteiger charge is -2.26. The number of carbonyl (C=O) groups is 1. The fourth-order valence-corrected chi connectivity index (χ4v) is 4.58. The van der Waals surface area contributed by atoms with Gasteiger partial charge < -0.3 is 33.6 Å². The Bertz CT molecular complexity index is 1540. The number of para-hydroxylation sites is 1. The number of phenolic OH excluding ortho intramolecular Hbond substituents is 2. The number of fused-ring (bicyclic) bond motifs is 3. The molecule has 3 aromatic carbocycles. The maximum atomic E-state index is 13.6. The molecule has 0 radical (unpaired) electrons. The van der Waals surface area contributed by atoms with Crippen LogP contribution in [0.4, 0.5) is 0 Å². The molecule has 0 aliphatic carbocycles. The van der Waals surface area contributed by atoms with E-state index in [2.05, 4.69) is 0 Å². The van der Waals surface area contributed by atoms with Gasteiger partial charge >= 0.3 is 5.97 Å². The van der Waals surface area contributed by atoms with Crippen LogP contribution in [0.3, 0.4) is 0 Å². The van der Waals surface area contributed by atoms with Crippen molar-refractivity contribution in [1.82, 2.24) is 0 Å². The van der Waals surface area contributed by atoms with E-state index in [1.165, 1.54) is 33.7 Å². The molecule has 1 aliphatic heterocycles. The number of benzene rings is 3. The van der Waals surface area contributed by atoms with Gasteiger partial charge in [-0.3, -0.25) is 9.59 Å². The van der Waals surface area contributed by atoms with E-state index in [-0.39, 0.29) is 51.7 Å². The first kappa shape index (κ1) is 23.1. The molecule has 0 saturated carbocycles. The molecule has 2 N–H and O–H groups in total. The van der Waals surface area contributed by atoms with Gasteiger partial charge in [0.1, 0.15) is 34.5 Å². The van der Waals surface area contributed by atoms with Crippen LogP contribution in [0, 0.1) is 0 Å². The lowest BCUT2D eigenvalue weighted by atomic mass is 9.84. The summed E-state index contributed by atoms with van der Waals surface area (Å²) in [5.41, 5.74) is 1.27. The van der Waals surface area contributed by atoms with E-state index in [1.54, 1.807) is 36.4 Å². The second kappa shape index (κ2) is 8.84. The molecule has 0 spiro atoms. The quantitative estimate of drug-likeness (QED) is 0.310. The highest BCUT2D eigenvalue weighted by Crippen LogP contribution is 2.48. The van der Waals surface area contributed by atoms with E-state index in [1.807, 2.05) is 0 Å². The summed E-state index contributed by atoms with van der Waals surface area (Å²) < 4.78 is 27.3. The molecule has 1 atom stereocenters. The van der Waals surface area contributed by atoms with Gasteiger partial charge in [0.2, 0.25) is 11.2 Å². The smallest absolute Gasteiger partial charge is 0.312 e. The summed E-state index contributed by atoms with van der Waals surface area (Å²) in [6.45, 7) is 0. The molecule has 9 heteroatoms. The first-order valence-electron chi connectivity index (χ1n) is 11.0. The summed E-state index contributed by atoms with van der Waals surface area (Å²) in [4.78, 5) is 26.1. The van der Waals surface area contributed by atoms with Crippen LogP contribution in [-0.4, -0.2) is 37.5 Å². The van der Waals surface area contributed by atoms with Gasteiger partial charge in [-0.05, 0) is 23.8 Å². The number of phenols is 2. The van der Waals surface area contributed by atoms with E-state index in [0.29, 0.717) is 22.4 Å². The number of carbonyl (C=O) groups excluding carboxylic acids is 1. The van der Waals surface area contributed by atoms with Crippen molar-refractivity contribution in [1.29, 1.82) is 0 Å². The van der Waals surface area contributed by atoms with Crippen molar-refractivity contribution in [2.75, 3.05) is 21.3 Å². The van der Waals surface area contributed by atoms with Crippen LogP contribution in [0.25, 0.3) is 22.1 Å². The van der Waals surface area contributed by atoms with Gasteiger partial charge in [-0.15, -0.1) is 0 Å². The van der Waals surface area contributed by atoms with Gasteiger partial charge in [0.05, 0.1) is 33.3 Å². The Kier molecular flexibility index (Phi) is 5.68. The first-order chi connectivity index (χ1) is 17.4. The number of aromatic hydroxyl groups is 2. The molecule has 0 saturated heterocycles. The first-order valence-corrected chi connectivity index (χ1v) is 11.0. The molecule has 184 valence electrons. The summed E-state index contributed by atoms with van der Waals surface area (Å²) in [5, 5.41) is 21.1. The largest absolute Gasteiger partial charge is 0.507 e. The Morgan fingerprint density at radius 1 is 0.889 bits per heavy atom.